The van der Waals surface area contributed by atoms with Gasteiger partial charge in [-0.15, -0.1) is 0 Å². The number of amides is 1. The van der Waals surface area contributed by atoms with Gasteiger partial charge in [-0.3, -0.25) is 4.79 Å². The molecular formula is C18H21BrN4O. The molecule has 0 atom stereocenters. The number of nitrogens with zero attached hydrogens (tertiary/aromatic N) is 3. The van der Waals surface area contributed by atoms with Gasteiger partial charge in [-0.1, -0.05) is 6.07 Å². The fourth-order valence-electron chi connectivity index (χ4n) is 2.65. The molecule has 2 aromatic rings. The SMILES string of the molecule is Cc1ccc(Nc2ccc(C(=O)N3CCN(C)CC3)cn2)c(Br)c1. The average Bonchev–Trinajstić information content (AvgIpc) is 2.58. The number of carbonyl (C=O) groups excluding carboxylic acids is 1. The molecule has 6 heteroatoms. The summed E-state index contributed by atoms with van der Waals surface area (Å²) in [5, 5.41) is 3.26. The van der Waals surface area contributed by atoms with E-state index in [1.807, 2.05) is 42.2 Å². The van der Waals surface area contributed by atoms with E-state index in [0.29, 0.717) is 5.56 Å². The van der Waals surface area contributed by atoms with E-state index in [-0.39, 0.29) is 5.91 Å². The number of hydrogen-bond donors (Lipinski definition) is 1. The molecule has 1 aromatic heterocycles. The molecule has 0 bridgehead atoms. The Hall–Kier alpha value is -1.92. The van der Waals surface area contributed by atoms with Gasteiger partial charge in [0.2, 0.25) is 0 Å². The molecule has 0 saturated carbocycles. The number of aromatic nitrogens is 1. The van der Waals surface area contributed by atoms with Crippen molar-refractivity contribution >= 4 is 33.3 Å². The fraction of sp³-hybridized carbons (Fsp3) is 0.333. The van der Waals surface area contributed by atoms with Gasteiger partial charge in [0.15, 0.2) is 0 Å². The van der Waals surface area contributed by atoms with Crippen molar-refractivity contribution in [3.8, 4) is 0 Å². The molecule has 1 aliphatic heterocycles. The first-order valence-electron chi connectivity index (χ1n) is 8.00. The monoisotopic (exact) mass is 388 g/mol. The number of nitrogens with one attached hydrogen (secondary N) is 1. The summed E-state index contributed by atoms with van der Waals surface area (Å²) in [4.78, 5) is 21.0. The highest BCUT2D eigenvalue weighted by atomic mass is 79.9. The van der Waals surface area contributed by atoms with Crippen LogP contribution in [0.4, 0.5) is 11.5 Å². The van der Waals surface area contributed by atoms with Crippen LogP contribution in [0.15, 0.2) is 41.0 Å². The minimum atomic E-state index is 0.0543. The van der Waals surface area contributed by atoms with Gasteiger partial charge in [0.1, 0.15) is 5.82 Å². The predicted octanol–water partition coefficient (Wildman–Crippen LogP) is 3.28. The van der Waals surface area contributed by atoms with Crippen LogP contribution in [0.3, 0.4) is 0 Å². The fourth-order valence-corrected chi connectivity index (χ4v) is 3.24. The molecule has 1 amide bonds. The number of pyridine rings is 1. The third-order valence-electron chi connectivity index (χ3n) is 4.19. The van der Waals surface area contributed by atoms with Gasteiger partial charge in [0.25, 0.3) is 5.91 Å². The van der Waals surface area contributed by atoms with Crippen molar-refractivity contribution in [3.63, 3.8) is 0 Å². The van der Waals surface area contributed by atoms with E-state index < -0.39 is 0 Å². The van der Waals surface area contributed by atoms with Gasteiger partial charge in [0, 0.05) is 36.8 Å². The third-order valence-corrected chi connectivity index (χ3v) is 4.84. The lowest BCUT2D eigenvalue weighted by Gasteiger charge is -2.32. The highest BCUT2D eigenvalue weighted by Crippen LogP contribution is 2.26. The van der Waals surface area contributed by atoms with Crippen molar-refractivity contribution in [2.45, 2.75) is 6.92 Å². The van der Waals surface area contributed by atoms with E-state index in [1.165, 1.54) is 5.56 Å². The maximum Gasteiger partial charge on any atom is 0.255 e. The third kappa shape index (κ3) is 3.94. The summed E-state index contributed by atoms with van der Waals surface area (Å²) in [6, 6.07) is 9.77. The van der Waals surface area contributed by atoms with Gasteiger partial charge < -0.3 is 15.1 Å². The topological polar surface area (TPSA) is 48.5 Å². The molecule has 0 spiro atoms. The van der Waals surface area contributed by atoms with Crippen LogP contribution < -0.4 is 5.32 Å². The lowest BCUT2D eigenvalue weighted by molar-refractivity contribution is 0.0663. The van der Waals surface area contributed by atoms with Crippen LogP contribution in [0.2, 0.25) is 0 Å². The summed E-state index contributed by atoms with van der Waals surface area (Å²) in [6.07, 6.45) is 1.64. The summed E-state index contributed by atoms with van der Waals surface area (Å²) in [5.41, 5.74) is 2.77. The van der Waals surface area contributed by atoms with E-state index >= 15 is 0 Å². The summed E-state index contributed by atoms with van der Waals surface area (Å²) in [6.45, 7) is 5.42. The molecular weight excluding hydrogens is 368 g/mol. The van der Waals surface area contributed by atoms with Crippen molar-refractivity contribution in [2.75, 3.05) is 38.5 Å². The predicted molar refractivity (Wildman–Crippen MR) is 99.8 cm³/mol. The highest BCUT2D eigenvalue weighted by Gasteiger charge is 2.20. The summed E-state index contributed by atoms with van der Waals surface area (Å²) < 4.78 is 0.988. The largest absolute Gasteiger partial charge is 0.339 e. The minimum absolute atomic E-state index is 0.0543. The maximum atomic E-state index is 12.5. The summed E-state index contributed by atoms with van der Waals surface area (Å²) in [5.74, 6) is 0.771. The normalized spacial score (nSPS) is 15.4. The lowest BCUT2D eigenvalue weighted by atomic mass is 10.2. The Morgan fingerprint density at radius 3 is 2.54 bits per heavy atom. The molecule has 5 nitrogen and oxygen atoms in total. The van der Waals surface area contributed by atoms with Crippen LogP contribution in [-0.4, -0.2) is 53.9 Å². The molecule has 0 aliphatic carbocycles. The first-order valence-corrected chi connectivity index (χ1v) is 8.79. The van der Waals surface area contributed by atoms with Crippen LogP contribution in [0.5, 0.6) is 0 Å². The zero-order valence-corrected chi connectivity index (χ0v) is 15.5. The molecule has 3 rings (SSSR count). The van der Waals surface area contributed by atoms with Crippen LogP contribution in [0, 0.1) is 6.92 Å². The zero-order chi connectivity index (χ0) is 17.1. The minimum Gasteiger partial charge on any atom is -0.339 e. The maximum absolute atomic E-state index is 12.5. The number of anilines is 2. The standard InChI is InChI=1S/C18H21BrN4O/c1-13-3-5-16(15(19)11-13)21-17-6-4-14(12-20-17)18(24)23-9-7-22(2)8-10-23/h3-6,11-12H,7-10H2,1-2H3,(H,20,21). The van der Waals surface area contributed by atoms with Crippen LogP contribution in [0.1, 0.15) is 15.9 Å². The van der Waals surface area contributed by atoms with E-state index in [9.17, 15) is 4.79 Å². The zero-order valence-electron chi connectivity index (χ0n) is 13.9. The van der Waals surface area contributed by atoms with Crippen LogP contribution >= 0.6 is 15.9 Å². The van der Waals surface area contributed by atoms with E-state index in [1.54, 1.807) is 6.20 Å². The Balaban J connectivity index is 1.68. The van der Waals surface area contributed by atoms with Crippen LogP contribution in [-0.2, 0) is 0 Å². The summed E-state index contributed by atoms with van der Waals surface area (Å²) in [7, 11) is 2.08. The first kappa shape index (κ1) is 16.9. The Morgan fingerprint density at radius 2 is 1.92 bits per heavy atom. The Morgan fingerprint density at radius 1 is 1.17 bits per heavy atom. The van der Waals surface area contributed by atoms with Crippen LogP contribution in [0.25, 0.3) is 0 Å². The molecule has 24 heavy (non-hydrogen) atoms. The molecule has 126 valence electrons. The Bertz CT molecular complexity index is 724. The van der Waals surface area contributed by atoms with Gasteiger partial charge in [-0.25, -0.2) is 4.98 Å². The van der Waals surface area contributed by atoms with Crippen molar-refractivity contribution in [1.29, 1.82) is 0 Å². The molecule has 1 fully saturated rings. The molecule has 1 aliphatic rings. The van der Waals surface area contributed by atoms with Crippen molar-refractivity contribution in [1.82, 2.24) is 14.8 Å². The lowest BCUT2D eigenvalue weighted by Crippen LogP contribution is -2.47. The van der Waals surface area contributed by atoms with E-state index in [0.717, 1.165) is 42.2 Å². The van der Waals surface area contributed by atoms with Crippen molar-refractivity contribution < 1.29 is 4.79 Å². The smallest absolute Gasteiger partial charge is 0.255 e. The number of hydrogen-bond acceptors (Lipinski definition) is 4. The Kier molecular flexibility index (Phi) is 5.16. The number of aryl methyl sites for hydroxylation is 1. The number of halogens is 1. The van der Waals surface area contributed by atoms with Gasteiger partial charge >= 0.3 is 0 Å². The second kappa shape index (κ2) is 7.32. The molecule has 1 saturated heterocycles. The second-order valence-corrected chi connectivity index (χ2v) is 6.99. The van der Waals surface area contributed by atoms with Gasteiger partial charge in [0.05, 0.1) is 11.3 Å². The Labute approximate surface area is 150 Å². The molecule has 1 aromatic carbocycles. The molecule has 0 unspecified atom stereocenters. The van der Waals surface area contributed by atoms with E-state index in [2.05, 4.69) is 38.2 Å². The van der Waals surface area contributed by atoms with Crippen molar-refractivity contribution in [3.05, 3.63) is 52.1 Å². The molecule has 2 heterocycles. The average molecular weight is 389 g/mol. The number of benzene rings is 1. The highest BCUT2D eigenvalue weighted by molar-refractivity contribution is 9.10. The number of likely N-dealkylation sites (N-methyl/N-ethyl adjacent to an activating group) is 1. The summed E-state index contributed by atoms with van der Waals surface area (Å²) >= 11 is 3.54. The van der Waals surface area contributed by atoms with E-state index in [4.69, 9.17) is 0 Å². The molecule has 0 radical (unpaired) electrons. The van der Waals surface area contributed by atoms with Gasteiger partial charge in [-0.05, 0) is 59.7 Å². The van der Waals surface area contributed by atoms with Gasteiger partial charge in [-0.2, -0.15) is 0 Å². The second-order valence-electron chi connectivity index (χ2n) is 6.14. The van der Waals surface area contributed by atoms with Crippen molar-refractivity contribution in [2.24, 2.45) is 0 Å². The molecule has 1 N–H and O–H groups in total. The number of piperazine rings is 1. The number of rotatable bonds is 3. The quantitative estimate of drug-likeness (QED) is 0.876. The number of carbonyl (C=O) groups is 1. The first-order chi connectivity index (χ1) is 11.5.